The van der Waals surface area contributed by atoms with Crippen LogP contribution in [0.15, 0.2) is 12.7 Å². The van der Waals surface area contributed by atoms with Crippen LogP contribution in [-0.4, -0.2) is 49.4 Å². The highest BCUT2D eigenvalue weighted by Gasteiger charge is 2.46. The molecule has 0 saturated carbocycles. The maximum atomic E-state index is 11.5. The number of hydrogen-bond acceptors (Lipinski definition) is 8. The average molecular weight is 321 g/mol. The molecule has 4 atom stereocenters. The monoisotopic (exact) mass is 321 g/mol. The number of anilines is 1. The van der Waals surface area contributed by atoms with E-state index in [1.165, 1.54) is 19.6 Å². The zero-order chi connectivity index (χ0) is 16.6. The van der Waals surface area contributed by atoms with Crippen molar-refractivity contribution in [1.82, 2.24) is 19.5 Å². The van der Waals surface area contributed by atoms with Crippen LogP contribution in [0.2, 0.25) is 0 Å². The SMILES string of the molecule is CC[C@H]1[C@@H](OC(C)=O)[C@H](n2cnc3c(N)ncnc32)O[C@@H]1CO. The third-order valence-electron chi connectivity index (χ3n) is 4.11. The van der Waals surface area contributed by atoms with Gasteiger partial charge in [-0.3, -0.25) is 9.36 Å². The fraction of sp³-hybridized carbons (Fsp3) is 0.571. The molecular weight excluding hydrogens is 302 g/mol. The second-order valence-corrected chi connectivity index (χ2v) is 5.48. The van der Waals surface area contributed by atoms with Crippen LogP contribution in [0.5, 0.6) is 0 Å². The Balaban J connectivity index is 2.04. The first-order valence-electron chi connectivity index (χ1n) is 7.43. The van der Waals surface area contributed by atoms with Crippen molar-refractivity contribution in [2.45, 2.75) is 38.7 Å². The minimum Gasteiger partial charge on any atom is -0.457 e. The number of ether oxygens (including phenoxy) is 2. The second-order valence-electron chi connectivity index (χ2n) is 5.48. The number of aliphatic hydroxyl groups excluding tert-OH is 1. The number of aromatic nitrogens is 4. The Morgan fingerprint density at radius 3 is 2.91 bits per heavy atom. The maximum absolute atomic E-state index is 11.5. The van der Waals surface area contributed by atoms with E-state index in [4.69, 9.17) is 15.2 Å². The summed E-state index contributed by atoms with van der Waals surface area (Å²) in [7, 11) is 0. The lowest BCUT2D eigenvalue weighted by atomic mass is 9.95. The molecule has 0 unspecified atom stereocenters. The Morgan fingerprint density at radius 1 is 1.48 bits per heavy atom. The number of aliphatic hydroxyl groups is 1. The van der Waals surface area contributed by atoms with E-state index in [9.17, 15) is 9.90 Å². The highest BCUT2D eigenvalue weighted by atomic mass is 16.6. The Bertz CT molecular complexity index is 718. The lowest BCUT2D eigenvalue weighted by molar-refractivity contribution is -0.153. The van der Waals surface area contributed by atoms with Crippen molar-refractivity contribution in [2.24, 2.45) is 5.92 Å². The highest BCUT2D eigenvalue weighted by molar-refractivity contribution is 5.81. The fourth-order valence-electron chi connectivity index (χ4n) is 3.07. The number of imidazole rings is 1. The van der Waals surface area contributed by atoms with Gasteiger partial charge in [0.15, 0.2) is 23.8 Å². The Morgan fingerprint density at radius 2 is 2.26 bits per heavy atom. The molecule has 1 aliphatic rings. The number of rotatable bonds is 4. The van der Waals surface area contributed by atoms with Gasteiger partial charge < -0.3 is 20.3 Å². The van der Waals surface area contributed by atoms with Crippen molar-refractivity contribution >= 4 is 23.0 Å². The third kappa shape index (κ3) is 2.62. The number of carbonyl (C=O) groups excluding carboxylic acids is 1. The van der Waals surface area contributed by atoms with Gasteiger partial charge in [0.2, 0.25) is 0 Å². The van der Waals surface area contributed by atoms with E-state index in [0.717, 1.165) is 0 Å². The summed E-state index contributed by atoms with van der Waals surface area (Å²) in [5.41, 5.74) is 6.75. The van der Waals surface area contributed by atoms with E-state index in [2.05, 4.69) is 15.0 Å². The van der Waals surface area contributed by atoms with Crippen molar-refractivity contribution in [3.8, 4) is 0 Å². The number of fused-ring (bicyclic) bond motifs is 1. The van der Waals surface area contributed by atoms with E-state index >= 15 is 0 Å². The number of nitrogen functional groups attached to an aromatic ring is 1. The van der Waals surface area contributed by atoms with Crippen LogP contribution >= 0.6 is 0 Å². The van der Waals surface area contributed by atoms with Gasteiger partial charge in [-0.15, -0.1) is 0 Å². The first-order chi connectivity index (χ1) is 11.1. The summed E-state index contributed by atoms with van der Waals surface area (Å²) in [6.07, 6.45) is 1.98. The molecule has 1 saturated heterocycles. The normalized spacial score (nSPS) is 27.4. The first-order valence-corrected chi connectivity index (χ1v) is 7.43. The van der Waals surface area contributed by atoms with E-state index in [-0.39, 0.29) is 18.3 Å². The summed E-state index contributed by atoms with van der Waals surface area (Å²) in [4.78, 5) is 23.8. The molecule has 0 radical (unpaired) electrons. The Kier molecular flexibility index (Phi) is 4.14. The van der Waals surface area contributed by atoms with E-state index in [1.54, 1.807) is 4.57 Å². The van der Waals surface area contributed by atoms with E-state index in [0.29, 0.717) is 17.6 Å². The van der Waals surface area contributed by atoms with E-state index < -0.39 is 24.4 Å². The van der Waals surface area contributed by atoms with Crippen molar-refractivity contribution in [3.63, 3.8) is 0 Å². The summed E-state index contributed by atoms with van der Waals surface area (Å²) in [6, 6.07) is 0. The van der Waals surface area contributed by atoms with Crippen LogP contribution < -0.4 is 5.73 Å². The van der Waals surface area contributed by atoms with Gasteiger partial charge in [-0.2, -0.15) is 0 Å². The van der Waals surface area contributed by atoms with Crippen LogP contribution in [0.25, 0.3) is 11.2 Å². The molecule has 124 valence electrons. The van der Waals surface area contributed by atoms with Crippen molar-refractivity contribution in [3.05, 3.63) is 12.7 Å². The molecular formula is C14H19N5O4. The Hall–Kier alpha value is -2.26. The molecule has 1 fully saturated rings. The average Bonchev–Trinajstić information content (AvgIpc) is 3.08. The molecule has 1 aliphatic heterocycles. The molecule has 9 nitrogen and oxygen atoms in total. The molecule has 3 N–H and O–H groups in total. The molecule has 9 heteroatoms. The largest absolute Gasteiger partial charge is 0.457 e. The summed E-state index contributed by atoms with van der Waals surface area (Å²) >= 11 is 0. The number of nitrogens with zero attached hydrogens (tertiary/aromatic N) is 4. The zero-order valence-corrected chi connectivity index (χ0v) is 12.9. The number of esters is 1. The van der Waals surface area contributed by atoms with Gasteiger partial charge in [0.25, 0.3) is 0 Å². The Labute approximate surface area is 132 Å². The van der Waals surface area contributed by atoms with E-state index in [1.807, 2.05) is 6.92 Å². The molecule has 2 aromatic heterocycles. The fourth-order valence-corrected chi connectivity index (χ4v) is 3.07. The van der Waals surface area contributed by atoms with Gasteiger partial charge in [-0.1, -0.05) is 6.92 Å². The van der Waals surface area contributed by atoms with Gasteiger partial charge in [0.05, 0.1) is 19.0 Å². The standard InChI is InChI=1S/C14H19N5O4/c1-3-8-9(4-20)23-14(11(8)22-7(2)21)19-6-18-10-12(15)16-5-17-13(10)19/h5-6,8-9,11,14,20H,3-4H2,1-2H3,(H2,15,16,17)/t8-,9-,11-,14-/m1/s1. The molecule has 0 aliphatic carbocycles. The summed E-state index contributed by atoms with van der Waals surface area (Å²) < 4.78 is 13.0. The third-order valence-corrected chi connectivity index (χ3v) is 4.11. The maximum Gasteiger partial charge on any atom is 0.303 e. The van der Waals surface area contributed by atoms with Crippen molar-refractivity contribution in [2.75, 3.05) is 12.3 Å². The summed E-state index contributed by atoms with van der Waals surface area (Å²) in [5.74, 6) is -0.258. The lowest BCUT2D eigenvalue weighted by Gasteiger charge is -2.23. The van der Waals surface area contributed by atoms with Gasteiger partial charge in [-0.25, -0.2) is 15.0 Å². The quantitative estimate of drug-likeness (QED) is 0.768. The molecule has 0 spiro atoms. The summed E-state index contributed by atoms with van der Waals surface area (Å²) in [5, 5.41) is 9.56. The number of nitrogens with two attached hydrogens (primary N) is 1. The lowest BCUT2D eigenvalue weighted by Crippen LogP contribution is -2.31. The number of hydrogen-bond donors (Lipinski definition) is 2. The molecule has 3 rings (SSSR count). The van der Waals surface area contributed by atoms with Crippen LogP contribution in [0.4, 0.5) is 5.82 Å². The predicted octanol–water partition coefficient (Wildman–Crippen LogP) is 0.256. The molecule has 0 amide bonds. The predicted molar refractivity (Wildman–Crippen MR) is 80.1 cm³/mol. The molecule has 0 bridgehead atoms. The van der Waals surface area contributed by atoms with Crippen LogP contribution in [-0.2, 0) is 14.3 Å². The van der Waals surface area contributed by atoms with Crippen molar-refractivity contribution in [1.29, 1.82) is 0 Å². The zero-order valence-electron chi connectivity index (χ0n) is 12.9. The van der Waals surface area contributed by atoms with Gasteiger partial charge in [0.1, 0.15) is 11.8 Å². The van der Waals surface area contributed by atoms with Crippen molar-refractivity contribution < 1.29 is 19.4 Å². The van der Waals surface area contributed by atoms with Gasteiger partial charge in [0, 0.05) is 12.8 Å². The minimum atomic E-state index is -0.625. The van der Waals surface area contributed by atoms with Gasteiger partial charge >= 0.3 is 5.97 Å². The molecule has 23 heavy (non-hydrogen) atoms. The topological polar surface area (TPSA) is 125 Å². The summed E-state index contributed by atoms with van der Waals surface area (Å²) in [6.45, 7) is 3.15. The molecule has 3 heterocycles. The van der Waals surface area contributed by atoms with Crippen LogP contribution in [0.1, 0.15) is 26.5 Å². The van der Waals surface area contributed by atoms with Gasteiger partial charge in [-0.05, 0) is 6.42 Å². The molecule has 2 aromatic rings. The molecule has 0 aromatic carbocycles. The van der Waals surface area contributed by atoms with Crippen LogP contribution in [0, 0.1) is 5.92 Å². The highest BCUT2D eigenvalue weighted by Crippen LogP contribution is 2.39. The second kappa shape index (κ2) is 6.09. The first kappa shape index (κ1) is 15.6. The van der Waals surface area contributed by atoms with Crippen LogP contribution in [0.3, 0.4) is 0 Å². The number of carbonyl (C=O) groups is 1. The smallest absolute Gasteiger partial charge is 0.303 e. The minimum absolute atomic E-state index is 0.120.